The van der Waals surface area contributed by atoms with Gasteiger partial charge in [-0.25, -0.2) is 0 Å². The van der Waals surface area contributed by atoms with Gasteiger partial charge in [-0.2, -0.15) is 0 Å². The van der Waals surface area contributed by atoms with Crippen molar-refractivity contribution in [1.82, 2.24) is 15.3 Å². The third kappa shape index (κ3) is 3.00. The predicted octanol–water partition coefficient (Wildman–Crippen LogP) is 1.38. The summed E-state index contributed by atoms with van der Waals surface area (Å²) in [5, 5.41) is 3.43. The van der Waals surface area contributed by atoms with Crippen molar-refractivity contribution in [3.63, 3.8) is 0 Å². The van der Waals surface area contributed by atoms with E-state index in [0.717, 1.165) is 31.8 Å². The molecule has 1 aliphatic rings. The molecule has 0 radical (unpaired) electrons. The number of nitrogens with one attached hydrogen (secondary N) is 1. The highest BCUT2D eigenvalue weighted by atomic mass is 16.5. The third-order valence-corrected chi connectivity index (χ3v) is 3.08. The number of hydrogen-bond acceptors (Lipinski definition) is 4. The molecule has 88 valence electrons. The number of rotatable bonds is 5. The van der Waals surface area contributed by atoms with E-state index in [-0.39, 0.29) is 0 Å². The zero-order valence-electron chi connectivity index (χ0n) is 9.72. The van der Waals surface area contributed by atoms with Crippen LogP contribution in [0.1, 0.15) is 25.5 Å². The molecule has 2 heterocycles. The molecule has 2 rings (SSSR count). The largest absolute Gasteiger partial charge is 0.378 e. The fourth-order valence-electron chi connectivity index (χ4n) is 2.18. The van der Waals surface area contributed by atoms with Crippen molar-refractivity contribution in [2.75, 3.05) is 13.2 Å². The van der Waals surface area contributed by atoms with Gasteiger partial charge in [0.05, 0.1) is 11.8 Å². The molecule has 0 aliphatic carbocycles. The fraction of sp³-hybridized carbons (Fsp3) is 0.667. The maximum atomic E-state index is 5.65. The van der Waals surface area contributed by atoms with Gasteiger partial charge in [0.1, 0.15) is 0 Å². The molecule has 2 unspecified atom stereocenters. The van der Waals surface area contributed by atoms with Crippen LogP contribution in [0.25, 0.3) is 0 Å². The average Bonchev–Trinajstić information content (AvgIpc) is 2.78. The molecule has 16 heavy (non-hydrogen) atoms. The normalized spacial score (nSPS) is 24.8. The lowest BCUT2D eigenvalue weighted by Gasteiger charge is -2.16. The second-order valence-electron chi connectivity index (χ2n) is 4.19. The zero-order chi connectivity index (χ0) is 11.2. The van der Waals surface area contributed by atoms with E-state index < -0.39 is 0 Å². The summed E-state index contributed by atoms with van der Waals surface area (Å²) in [5.41, 5.74) is 0.995. The predicted molar refractivity (Wildman–Crippen MR) is 61.9 cm³/mol. The Balaban J connectivity index is 1.72. The lowest BCUT2D eigenvalue weighted by Crippen LogP contribution is -2.28. The first-order valence-electron chi connectivity index (χ1n) is 5.97. The Labute approximate surface area is 96.4 Å². The standard InChI is InChI=1S/C12H19N3O/c1-2-12-10(3-6-16-12)7-14-9-11-8-13-4-5-15-11/h4-5,8,10,12,14H,2-3,6-7,9H2,1H3. The molecule has 1 N–H and O–H groups in total. The SMILES string of the molecule is CCC1OCCC1CNCc1cnccn1. The van der Waals surface area contributed by atoms with Gasteiger partial charge in [0.25, 0.3) is 0 Å². The maximum Gasteiger partial charge on any atom is 0.0724 e. The van der Waals surface area contributed by atoms with Crippen molar-refractivity contribution < 1.29 is 4.74 Å². The van der Waals surface area contributed by atoms with Crippen LogP contribution in [0.15, 0.2) is 18.6 Å². The summed E-state index contributed by atoms with van der Waals surface area (Å²) in [5.74, 6) is 0.654. The molecular weight excluding hydrogens is 202 g/mol. The summed E-state index contributed by atoms with van der Waals surface area (Å²) in [4.78, 5) is 8.26. The van der Waals surface area contributed by atoms with E-state index in [1.807, 2.05) is 0 Å². The summed E-state index contributed by atoms with van der Waals surface area (Å²) in [6, 6.07) is 0. The van der Waals surface area contributed by atoms with Gasteiger partial charge in [0.2, 0.25) is 0 Å². The minimum atomic E-state index is 0.439. The summed E-state index contributed by atoms with van der Waals surface area (Å²) < 4.78 is 5.65. The van der Waals surface area contributed by atoms with Crippen LogP contribution in [0.5, 0.6) is 0 Å². The van der Waals surface area contributed by atoms with Crippen molar-refractivity contribution in [3.05, 3.63) is 24.3 Å². The van der Waals surface area contributed by atoms with Gasteiger partial charge in [0.15, 0.2) is 0 Å². The number of ether oxygens (including phenoxy) is 1. The first-order chi connectivity index (χ1) is 7.90. The van der Waals surface area contributed by atoms with Crippen LogP contribution in [0.3, 0.4) is 0 Å². The summed E-state index contributed by atoms with van der Waals surface area (Å²) >= 11 is 0. The summed E-state index contributed by atoms with van der Waals surface area (Å²) in [6.07, 6.45) is 7.94. The highest BCUT2D eigenvalue weighted by Crippen LogP contribution is 2.22. The Morgan fingerprint density at radius 1 is 1.50 bits per heavy atom. The molecule has 0 saturated carbocycles. The molecule has 4 nitrogen and oxygen atoms in total. The van der Waals surface area contributed by atoms with Gasteiger partial charge < -0.3 is 10.1 Å². The summed E-state index contributed by atoms with van der Waals surface area (Å²) in [6.45, 7) is 4.90. The van der Waals surface area contributed by atoms with Crippen molar-refractivity contribution in [3.8, 4) is 0 Å². The van der Waals surface area contributed by atoms with Gasteiger partial charge in [-0.3, -0.25) is 9.97 Å². The first-order valence-corrected chi connectivity index (χ1v) is 5.97. The Bertz CT molecular complexity index is 304. The molecule has 0 amide bonds. The van der Waals surface area contributed by atoms with Crippen LogP contribution < -0.4 is 5.32 Å². The van der Waals surface area contributed by atoms with Gasteiger partial charge in [-0.05, 0) is 18.8 Å². The Kier molecular flexibility index (Phi) is 4.25. The maximum absolute atomic E-state index is 5.65. The van der Waals surface area contributed by atoms with E-state index in [1.54, 1.807) is 18.6 Å². The lowest BCUT2D eigenvalue weighted by molar-refractivity contribution is 0.0872. The molecule has 2 atom stereocenters. The fourth-order valence-corrected chi connectivity index (χ4v) is 2.18. The average molecular weight is 221 g/mol. The molecular formula is C12H19N3O. The third-order valence-electron chi connectivity index (χ3n) is 3.08. The minimum Gasteiger partial charge on any atom is -0.378 e. The van der Waals surface area contributed by atoms with E-state index in [4.69, 9.17) is 4.74 Å². The topological polar surface area (TPSA) is 47.0 Å². The van der Waals surface area contributed by atoms with Gasteiger partial charge in [-0.1, -0.05) is 6.92 Å². The molecule has 1 aromatic heterocycles. The van der Waals surface area contributed by atoms with Crippen molar-refractivity contribution in [1.29, 1.82) is 0 Å². The molecule has 1 aromatic rings. The lowest BCUT2D eigenvalue weighted by atomic mass is 10.00. The molecule has 0 spiro atoms. The van der Waals surface area contributed by atoms with E-state index in [2.05, 4.69) is 22.2 Å². The van der Waals surface area contributed by atoms with Crippen LogP contribution >= 0.6 is 0 Å². The van der Waals surface area contributed by atoms with Gasteiger partial charge >= 0.3 is 0 Å². The van der Waals surface area contributed by atoms with E-state index >= 15 is 0 Å². The van der Waals surface area contributed by atoms with Crippen molar-refractivity contribution in [2.45, 2.75) is 32.4 Å². The van der Waals surface area contributed by atoms with Crippen molar-refractivity contribution >= 4 is 0 Å². The minimum absolute atomic E-state index is 0.439. The quantitative estimate of drug-likeness (QED) is 0.816. The molecule has 4 heteroatoms. The van der Waals surface area contributed by atoms with E-state index in [9.17, 15) is 0 Å². The monoisotopic (exact) mass is 221 g/mol. The number of aromatic nitrogens is 2. The Morgan fingerprint density at radius 3 is 3.19 bits per heavy atom. The molecule has 1 saturated heterocycles. The Morgan fingerprint density at radius 2 is 2.44 bits per heavy atom. The van der Waals surface area contributed by atoms with E-state index in [0.29, 0.717) is 12.0 Å². The summed E-state index contributed by atoms with van der Waals surface area (Å²) in [7, 11) is 0. The number of nitrogens with zero attached hydrogens (tertiary/aromatic N) is 2. The second kappa shape index (κ2) is 5.92. The first kappa shape index (κ1) is 11.5. The highest BCUT2D eigenvalue weighted by Gasteiger charge is 2.25. The number of hydrogen-bond donors (Lipinski definition) is 1. The van der Waals surface area contributed by atoms with Crippen LogP contribution in [0.2, 0.25) is 0 Å². The Hall–Kier alpha value is -1.00. The highest BCUT2D eigenvalue weighted by molar-refractivity contribution is 4.93. The zero-order valence-corrected chi connectivity index (χ0v) is 9.72. The molecule has 0 bridgehead atoms. The van der Waals surface area contributed by atoms with Crippen LogP contribution in [-0.4, -0.2) is 29.2 Å². The van der Waals surface area contributed by atoms with E-state index in [1.165, 1.54) is 6.42 Å². The van der Waals surface area contributed by atoms with Crippen molar-refractivity contribution in [2.24, 2.45) is 5.92 Å². The molecule has 1 aliphatic heterocycles. The van der Waals surface area contributed by atoms with Crippen LogP contribution in [-0.2, 0) is 11.3 Å². The second-order valence-corrected chi connectivity index (χ2v) is 4.19. The molecule has 1 fully saturated rings. The van der Waals surface area contributed by atoms with Gasteiger partial charge in [-0.15, -0.1) is 0 Å². The van der Waals surface area contributed by atoms with Gasteiger partial charge in [0, 0.05) is 38.3 Å². The molecule has 0 aromatic carbocycles. The van der Waals surface area contributed by atoms with Crippen LogP contribution in [0, 0.1) is 5.92 Å². The smallest absolute Gasteiger partial charge is 0.0724 e. The van der Waals surface area contributed by atoms with Crippen LogP contribution in [0.4, 0.5) is 0 Å².